The third-order valence-corrected chi connectivity index (χ3v) is 3.70. The fourth-order valence-electron chi connectivity index (χ4n) is 2.18. The van der Waals surface area contributed by atoms with Crippen LogP contribution in [0.2, 0.25) is 0 Å². The van der Waals surface area contributed by atoms with Gasteiger partial charge in [0.25, 0.3) is 5.91 Å². The molecule has 0 aromatic heterocycles. The number of carboxylic acids is 1. The third kappa shape index (κ3) is 4.04. The van der Waals surface area contributed by atoms with Gasteiger partial charge in [-0.2, -0.15) is 0 Å². The van der Waals surface area contributed by atoms with Gasteiger partial charge in [-0.05, 0) is 36.2 Å². The molecule has 2 rings (SSSR count). The molecule has 0 bridgehead atoms. The number of benzene rings is 2. The first-order valence-corrected chi connectivity index (χ1v) is 7.47. The summed E-state index contributed by atoms with van der Waals surface area (Å²) < 4.78 is 0.838. The summed E-state index contributed by atoms with van der Waals surface area (Å²) >= 11 is 3.41. The van der Waals surface area contributed by atoms with Gasteiger partial charge in [-0.1, -0.05) is 40.2 Å². The second kappa shape index (κ2) is 6.72. The maximum Gasteiger partial charge on any atom is 0.303 e. The Bertz CT molecular complexity index is 684. The molecule has 2 aromatic rings. The van der Waals surface area contributed by atoms with Crippen molar-refractivity contribution < 1.29 is 14.7 Å². The van der Waals surface area contributed by atoms with Crippen LogP contribution < -0.4 is 5.32 Å². The lowest BCUT2D eigenvalue weighted by Gasteiger charge is -2.14. The first-order valence-electron chi connectivity index (χ1n) is 6.68. The molecule has 2 N–H and O–H groups in total. The van der Waals surface area contributed by atoms with Crippen LogP contribution in [-0.2, 0) is 4.79 Å². The van der Waals surface area contributed by atoms with Crippen molar-refractivity contribution in [2.45, 2.75) is 25.8 Å². The van der Waals surface area contributed by atoms with Gasteiger partial charge in [0.1, 0.15) is 0 Å². The largest absolute Gasteiger partial charge is 0.481 e. The molecule has 0 saturated carbocycles. The summed E-state index contributed by atoms with van der Waals surface area (Å²) in [5.41, 5.74) is 0.585. The van der Waals surface area contributed by atoms with E-state index >= 15 is 0 Å². The molecular weight excluding hydrogens is 334 g/mol. The summed E-state index contributed by atoms with van der Waals surface area (Å²) in [6.07, 6.45) is 0.452. The van der Waals surface area contributed by atoms with E-state index in [1.807, 2.05) is 30.3 Å². The number of aliphatic carboxylic acids is 1. The SMILES string of the molecule is CC(CCC(=O)O)NC(=O)c1cc(Br)cc2ccccc12. The van der Waals surface area contributed by atoms with Crippen LogP contribution in [0.4, 0.5) is 0 Å². The molecule has 0 fully saturated rings. The smallest absolute Gasteiger partial charge is 0.303 e. The standard InChI is InChI=1S/C16H16BrNO3/c1-10(6-7-15(19)20)18-16(21)14-9-12(17)8-11-4-2-3-5-13(11)14/h2-5,8-10H,6-7H2,1H3,(H,18,21)(H,19,20). The van der Waals surface area contributed by atoms with E-state index in [1.54, 1.807) is 13.0 Å². The molecule has 0 spiro atoms. The molecule has 0 aliphatic carbocycles. The van der Waals surface area contributed by atoms with Crippen LogP contribution in [-0.4, -0.2) is 23.0 Å². The Kier molecular flexibility index (Phi) is 4.96. The summed E-state index contributed by atoms with van der Waals surface area (Å²) in [7, 11) is 0. The zero-order valence-electron chi connectivity index (χ0n) is 11.6. The van der Waals surface area contributed by atoms with E-state index < -0.39 is 5.97 Å². The van der Waals surface area contributed by atoms with Gasteiger partial charge in [-0.3, -0.25) is 9.59 Å². The van der Waals surface area contributed by atoms with Crippen LogP contribution in [0.1, 0.15) is 30.1 Å². The minimum Gasteiger partial charge on any atom is -0.481 e. The Morgan fingerprint density at radius 3 is 2.71 bits per heavy atom. The van der Waals surface area contributed by atoms with Crippen molar-refractivity contribution in [2.24, 2.45) is 0 Å². The number of carbonyl (C=O) groups is 2. The van der Waals surface area contributed by atoms with Crippen molar-refractivity contribution in [2.75, 3.05) is 0 Å². The summed E-state index contributed by atoms with van der Waals surface area (Å²) in [4.78, 5) is 22.9. The Labute approximate surface area is 131 Å². The lowest BCUT2D eigenvalue weighted by Crippen LogP contribution is -2.33. The Morgan fingerprint density at radius 2 is 2.00 bits per heavy atom. The van der Waals surface area contributed by atoms with Crippen molar-refractivity contribution in [1.29, 1.82) is 0 Å². The topological polar surface area (TPSA) is 66.4 Å². The van der Waals surface area contributed by atoms with Gasteiger partial charge in [-0.25, -0.2) is 0 Å². The highest BCUT2D eigenvalue weighted by atomic mass is 79.9. The molecule has 110 valence electrons. The fraction of sp³-hybridized carbons (Fsp3) is 0.250. The highest BCUT2D eigenvalue weighted by molar-refractivity contribution is 9.10. The lowest BCUT2D eigenvalue weighted by atomic mass is 10.0. The average molecular weight is 350 g/mol. The highest BCUT2D eigenvalue weighted by Crippen LogP contribution is 2.24. The first-order chi connectivity index (χ1) is 9.97. The van der Waals surface area contributed by atoms with Crippen LogP contribution in [0.3, 0.4) is 0 Å². The number of fused-ring (bicyclic) bond motifs is 1. The van der Waals surface area contributed by atoms with E-state index in [9.17, 15) is 9.59 Å². The van der Waals surface area contributed by atoms with Crippen molar-refractivity contribution in [1.82, 2.24) is 5.32 Å². The van der Waals surface area contributed by atoms with Crippen LogP contribution in [0, 0.1) is 0 Å². The summed E-state index contributed by atoms with van der Waals surface area (Å²) in [5, 5.41) is 13.4. The predicted molar refractivity (Wildman–Crippen MR) is 85.4 cm³/mol. The van der Waals surface area contributed by atoms with Gasteiger partial charge in [-0.15, -0.1) is 0 Å². The summed E-state index contributed by atoms with van der Waals surface area (Å²) in [6.45, 7) is 1.81. The van der Waals surface area contributed by atoms with E-state index in [0.29, 0.717) is 12.0 Å². The molecule has 1 amide bonds. The van der Waals surface area contributed by atoms with E-state index in [2.05, 4.69) is 21.2 Å². The molecule has 5 heteroatoms. The minimum absolute atomic E-state index is 0.0423. The summed E-state index contributed by atoms with van der Waals surface area (Å²) in [6, 6.07) is 11.2. The van der Waals surface area contributed by atoms with Gasteiger partial charge < -0.3 is 10.4 Å². The van der Waals surface area contributed by atoms with E-state index in [-0.39, 0.29) is 18.4 Å². The predicted octanol–water partition coefficient (Wildman–Crippen LogP) is 3.59. The zero-order chi connectivity index (χ0) is 15.4. The fourth-order valence-corrected chi connectivity index (χ4v) is 2.65. The van der Waals surface area contributed by atoms with Crippen molar-refractivity contribution >= 4 is 38.6 Å². The van der Waals surface area contributed by atoms with Crippen LogP contribution in [0.25, 0.3) is 10.8 Å². The van der Waals surface area contributed by atoms with Gasteiger partial charge in [0.05, 0.1) is 0 Å². The number of carboxylic acid groups (broad SMARTS) is 1. The molecule has 0 aliphatic rings. The van der Waals surface area contributed by atoms with Crippen LogP contribution in [0.5, 0.6) is 0 Å². The molecule has 2 aromatic carbocycles. The van der Waals surface area contributed by atoms with E-state index in [1.165, 1.54) is 0 Å². The van der Waals surface area contributed by atoms with Gasteiger partial charge in [0.15, 0.2) is 0 Å². The second-order valence-corrected chi connectivity index (χ2v) is 5.90. The van der Waals surface area contributed by atoms with Crippen LogP contribution in [0.15, 0.2) is 40.9 Å². The van der Waals surface area contributed by atoms with Crippen LogP contribution >= 0.6 is 15.9 Å². The van der Waals surface area contributed by atoms with Gasteiger partial charge in [0.2, 0.25) is 0 Å². The number of carbonyl (C=O) groups excluding carboxylic acids is 1. The molecule has 0 saturated heterocycles. The number of halogens is 1. The van der Waals surface area contributed by atoms with E-state index in [0.717, 1.165) is 15.2 Å². The Balaban J connectivity index is 2.21. The molecule has 21 heavy (non-hydrogen) atoms. The number of rotatable bonds is 5. The number of hydrogen-bond acceptors (Lipinski definition) is 2. The van der Waals surface area contributed by atoms with Crippen molar-refractivity contribution in [3.8, 4) is 0 Å². The molecule has 1 unspecified atom stereocenters. The summed E-state index contributed by atoms with van der Waals surface area (Å²) in [5.74, 6) is -1.05. The molecular formula is C16H16BrNO3. The monoisotopic (exact) mass is 349 g/mol. The van der Waals surface area contributed by atoms with Crippen molar-refractivity contribution in [3.63, 3.8) is 0 Å². The highest BCUT2D eigenvalue weighted by Gasteiger charge is 2.14. The molecule has 1 atom stereocenters. The quantitative estimate of drug-likeness (QED) is 0.866. The molecule has 0 heterocycles. The molecule has 0 radical (unpaired) electrons. The average Bonchev–Trinajstić information content (AvgIpc) is 2.44. The van der Waals surface area contributed by atoms with Crippen molar-refractivity contribution in [3.05, 3.63) is 46.4 Å². The minimum atomic E-state index is -0.857. The normalized spacial score (nSPS) is 12.1. The number of amides is 1. The Hall–Kier alpha value is -1.88. The second-order valence-electron chi connectivity index (χ2n) is 4.98. The van der Waals surface area contributed by atoms with E-state index in [4.69, 9.17) is 5.11 Å². The Morgan fingerprint density at radius 1 is 1.29 bits per heavy atom. The lowest BCUT2D eigenvalue weighted by molar-refractivity contribution is -0.137. The number of nitrogens with one attached hydrogen (secondary N) is 1. The maximum absolute atomic E-state index is 12.4. The first kappa shape index (κ1) is 15.5. The van der Waals surface area contributed by atoms with Gasteiger partial charge >= 0.3 is 5.97 Å². The molecule has 4 nitrogen and oxygen atoms in total. The zero-order valence-corrected chi connectivity index (χ0v) is 13.2. The molecule has 0 aliphatic heterocycles. The maximum atomic E-state index is 12.4. The number of hydrogen-bond donors (Lipinski definition) is 2. The third-order valence-electron chi connectivity index (χ3n) is 3.24. The van der Waals surface area contributed by atoms with Gasteiger partial charge in [0, 0.05) is 22.5 Å².